The van der Waals surface area contributed by atoms with E-state index >= 15 is 0 Å². The van der Waals surface area contributed by atoms with Gasteiger partial charge in [0.2, 0.25) is 11.0 Å². The fraction of sp³-hybridized carbons (Fsp3) is 0.154. The van der Waals surface area contributed by atoms with Crippen LogP contribution in [0.4, 0.5) is 10.8 Å². The van der Waals surface area contributed by atoms with Gasteiger partial charge < -0.3 is 0 Å². The summed E-state index contributed by atoms with van der Waals surface area (Å²) in [6, 6.07) is 6.03. The number of nitrogens with zero attached hydrogens (tertiary/aromatic N) is 3. The zero-order valence-corrected chi connectivity index (χ0v) is 13.2. The van der Waals surface area contributed by atoms with E-state index in [4.69, 9.17) is 0 Å². The number of nitrogens with one attached hydrogen (secondary N) is 1. The van der Waals surface area contributed by atoms with Crippen molar-refractivity contribution in [2.24, 2.45) is 0 Å². The van der Waals surface area contributed by atoms with Crippen LogP contribution in [0, 0.1) is 10.1 Å². The van der Waals surface area contributed by atoms with E-state index < -0.39 is 4.92 Å². The number of hydrogen-bond donors (Lipinski definition) is 1. The standard InChI is InChI=1S/C13H12N4O3S2/c1-2-21-13-16-15-12(22-13)14-11(18)7-6-9-4-3-5-10(8-9)17(19)20/h3-8H,2H2,1H3,(H,14,15,18)/b7-6+. The number of non-ortho nitro benzene ring substituents is 1. The van der Waals surface area contributed by atoms with Crippen molar-refractivity contribution in [2.45, 2.75) is 11.3 Å². The highest BCUT2D eigenvalue weighted by Gasteiger charge is 2.07. The van der Waals surface area contributed by atoms with E-state index in [0.717, 1.165) is 10.1 Å². The summed E-state index contributed by atoms with van der Waals surface area (Å²) in [6.45, 7) is 2.01. The van der Waals surface area contributed by atoms with Crippen LogP contribution in [0.25, 0.3) is 6.08 Å². The highest BCUT2D eigenvalue weighted by Crippen LogP contribution is 2.24. The van der Waals surface area contributed by atoms with Gasteiger partial charge >= 0.3 is 0 Å². The molecule has 0 aliphatic rings. The van der Waals surface area contributed by atoms with Crippen molar-refractivity contribution in [1.82, 2.24) is 10.2 Å². The van der Waals surface area contributed by atoms with Gasteiger partial charge in [0.25, 0.3) is 5.69 Å². The maximum absolute atomic E-state index is 11.8. The van der Waals surface area contributed by atoms with Gasteiger partial charge in [-0.15, -0.1) is 10.2 Å². The number of anilines is 1. The van der Waals surface area contributed by atoms with Crippen LogP contribution in [-0.2, 0) is 4.79 Å². The molecule has 22 heavy (non-hydrogen) atoms. The van der Waals surface area contributed by atoms with Gasteiger partial charge in [0.15, 0.2) is 4.34 Å². The average Bonchev–Trinajstić information content (AvgIpc) is 2.93. The van der Waals surface area contributed by atoms with Crippen LogP contribution < -0.4 is 5.32 Å². The molecule has 7 nitrogen and oxygen atoms in total. The van der Waals surface area contributed by atoms with Crippen molar-refractivity contribution in [1.29, 1.82) is 0 Å². The van der Waals surface area contributed by atoms with Gasteiger partial charge in [-0.25, -0.2) is 0 Å². The smallest absolute Gasteiger partial charge is 0.270 e. The van der Waals surface area contributed by atoms with Gasteiger partial charge in [0.05, 0.1) is 4.92 Å². The molecule has 0 fully saturated rings. The molecule has 0 aliphatic heterocycles. The van der Waals surface area contributed by atoms with Crippen LogP contribution in [0.15, 0.2) is 34.7 Å². The molecular weight excluding hydrogens is 324 g/mol. The molecule has 0 radical (unpaired) electrons. The number of nitro groups is 1. The lowest BCUT2D eigenvalue weighted by Gasteiger charge is -1.96. The second-order valence-electron chi connectivity index (χ2n) is 3.98. The highest BCUT2D eigenvalue weighted by atomic mass is 32.2. The molecule has 0 spiro atoms. The third kappa shape index (κ3) is 4.64. The molecule has 0 saturated heterocycles. The first kappa shape index (κ1) is 16.1. The van der Waals surface area contributed by atoms with Crippen LogP contribution >= 0.6 is 23.1 Å². The number of thioether (sulfide) groups is 1. The van der Waals surface area contributed by atoms with Gasteiger partial charge in [-0.05, 0) is 17.4 Å². The Balaban J connectivity index is 1.98. The van der Waals surface area contributed by atoms with Crippen molar-refractivity contribution in [3.05, 3.63) is 46.0 Å². The summed E-state index contributed by atoms with van der Waals surface area (Å²) in [5.41, 5.74) is 0.553. The van der Waals surface area contributed by atoms with Gasteiger partial charge in [0, 0.05) is 18.2 Å². The normalized spacial score (nSPS) is 10.8. The van der Waals surface area contributed by atoms with E-state index in [1.807, 2.05) is 6.92 Å². The number of nitro benzene ring substituents is 1. The molecule has 1 N–H and O–H groups in total. The summed E-state index contributed by atoms with van der Waals surface area (Å²) < 4.78 is 0.792. The van der Waals surface area contributed by atoms with Crippen LogP contribution in [0.3, 0.4) is 0 Å². The van der Waals surface area contributed by atoms with Gasteiger partial charge in [-0.2, -0.15) is 0 Å². The molecule has 0 atom stereocenters. The summed E-state index contributed by atoms with van der Waals surface area (Å²) in [7, 11) is 0. The first-order valence-corrected chi connectivity index (χ1v) is 8.08. The SMILES string of the molecule is CCSc1nnc(NC(=O)/C=C/c2cccc([N+](=O)[O-])c2)s1. The summed E-state index contributed by atoms with van der Waals surface area (Å²) in [6.07, 6.45) is 2.80. The number of aromatic nitrogens is 2. The monoisotopic (exact) mass is 336 g/mol. The lowest BCUT2D eigenvalue weighted by Crippen LogP contribution is -2.07. The molecule has 0 aliphatic carbocycles. The Hall–Kier alpha value is -2.26. The predicted octanol–water partition coefficient (Wildman–Crippen LogP) is 3.21. The molecule has 1 aromatic heterocycles. The lowest BCUT2D eigenvalue weighted by molar-refractivity contribution is -0.384. The summed E-state index contributed by atoms with van der Waals surface area (Å²) in [5, 5.41) is 21.5. The summed E-state index contributed by atoms with van der Waals surface area (Å²) in [5.74, 6) is 0.519. The lowest BCUT2D eigenvalue weighted by atomic mass is 10.2. The number of benzene rings is 1. The molecular formula is C13H12N4O3S2. The Morgan fingerprint density at radius 3 is 3.05 bits per heavy atom. The largest absolute Gasteiger partial charge is 0.297 e. The topological polar surface area (TPSA) is 98.0 Å². The fourth-order valence-electron chi connectivity index (χ4n) is 1.50. The second-order valence-corrected chi connectivity index (χ2v) is 6.47. The molecule has 1 amide bonds. The maximum atomic E-state index is 11.8. The zero-order valence-electron chi connectivity index (χ0n) is 11.6. The zero-order chi connectivity index (χ0) is 15.9. The first-order valence-electron chi connectivity index (χ1n) is 6.28. The van der Waals surface area contributed by atoms with E-state index in [0.29, 0.717) is 10.7 Å². The number of amides is 1. The predicted molar refractivity (Wildman–Crippen MR) is 87.1 cm³/mol. The summed E-state index contributed by atoms with van der Waals surface area (Å²) >= 11 is 2.85. The van der Waals surface area contributed by atoms with Crippen molar-refractivity contribution in [3.8, 4) is 0 Å². The molecule has 1 heterocycles. The Kier molecular flexibility index (Phi) is 5.61. The number of rotatable bonds is 6. The van der Waals surface area contributed by atoms with E-state index in [9.17, 15) is 14.9 Å². The minimum absolute atomic E-state index is 0.0205. The molecule has 2 rings (SSSR count). The third-order valence-corrected chi connectivity index (χ3v) is 4.27. The number of carbonyl (C=O) groups excluding carboxylic acids is 1. The molecule has 0 bridgehead atoms. The quantitative estimate of drug-likeness (QED) is 0.286. The minimum Gasteiger partial charge on any atom is -0.297 e. The van der Waals surface area contributed by atoms with E-state index in [2.05, 4.69) is 15.5 Å². The van der Waals surface area contributed by atoms with Gasteiger partial charge in [0.1, 0.15) is 0 Å². The van der Waals surface area contributed by atoms with Crippen molar-refractivity contribution >= 4 is 45.9 Å². The van der Waals surface area contributed by atoms with Crippen molar-refractivity contribution < 1.29 is 9.72 Å². The molecule has 0 saturated carbocycles. The Labute approximate surface area is 134 Å². The Bertz CT molecular complexity index is 715. The highest BCUT2D eigenvalue weighted by molar-refractivity contribution is 8.01. The molecule has 9 heteroatoms. The van der Waals surface area contributed by atoms with Crippen molar-refractivity contribution in [3.63, 3.8) is 0 Å². The Morgan fingerprint density at radius 2 is 2.32 bits per heavy atom. The molecule has 2 aromatic rings. The van der Waals surface area contributed by atoms with Crippen LogP contribution in [-0.4, -0.2) is 26.8 Å². The first-order chi connectivity index (χ1) is 10.6. The van der Waals surface area contributed by atoms with E-state index in [-0.39, 0.29) is 11.6 Å². The minimum atomic E-state index is -0.481. The average molecular weight is 336 g/mol. The summed E-state index contributed by atoms with van der Waals surface area (Å²) in [4.78, 5) is 22.0. The third-order valence-electron chi connectivity index (χ3n) is 2.41. The van der Waals surface area contributed by atoms with Gasteiger partial charge in [-0.1, -0.05) is 42.2 Å². The van der Waals surface area contributed by atoms with E-state index in [1.165, 1.54) is 35.6 Å². The maximum Gasteiger partial charge on any atom is 0.270 e. The second kappa shape index (κ2) is 7.66. The van der Waals surface area contributed by atoms with E-state index in [1.54, 1.807) is 23.9 Å². The van der Waals surface area contributed by atoms with Crippen LogP contribution in [0.5, 0.6) is 0 Å². The number of carbonyl (C=O) groups is 1. The molecule has 0 unspecified atom stereocenters. The van der Waals surface area contributed by atoms with Crippen molar-refractivity contribution in [2.75, 3.05) is 11.1 Å². The number of hydrogen-bond acceptors (Lipinski definition) is 7. The van der Waals surface area contributed by atoms with Crippen LogP contribution in [0.1, 0.15) is 12.5 Å². The fourth-order valence-corrected chi connectivity index (χ4v) is 3.15. The molecule has 1 aromatic carbocycles. The van der Waals surface area contributed by atoms with Crippen LogP contribution in [0.2, 0.25) is 0 Å². The molecule has 114 valence electrons. The van der Waals surface area contributed by atoms with Gasteiger partial charge in [-0.3, -0.25) is 20.2 Å². The Morgan fingerprint density at radius 1 is 1.50 bits per heavy atom.